The van der Waals surface area contributed by atoms with Crippen molar-refractivity contribution in [3.8, 4) is 5.75 Å². The molecule has 0 fully saturated rings. The first-order chi connectivity index (χ1) is 16.3. The summed E-state index contributed by atoms with van der Waals surface area (Å²) in [5.74, 6) is -0.312. The van der Waals surface area contributed by atoms with Gasteiger partial charge in [0, 0.05) is 30.5 Å². The SMILES string of the molecule is COC(=O)CCC1(S(=O)(=O)c2ccccc2)c2ccccc2C(=O)N1Cc1ccc(OC)cc1. The van der Waals surface area contributed by atoms with Gasteiger partial charge in [0.2, 0.25) is 9.84 Å². The molecule has 4 rings (SSSR count). The van der Waals surface area contributed by atoms with E-state index in [4.69, 9.17) is 9.47 Å². The van der Waals surface area contributed by atoms with Crippen LogP contribution in [0.15, 0.2) is 83.8 Å². The van der Waals surface area contributed by atoms with Crippen LogP contribution in [0, 0.1) is 0 Å². The standard InChI is InChI=1S/C26H25NO6S/c1-32-20-14-12-19(13-15-20)18-27-25(29)22-10-6-7-11-23(22)26(27,17-16-24(28)33-2)34(30,31)21-8-4-3-5-9-21/h3-15H,16-18H2,1-2H3. The number of esters is 1. The van der Waals surface area contributed by atoms with Crippen molar-refractivity contribution in [2.75, 3.05) is 14.2 Å². The van der Waals surface area contributed by atoms with Gasteiger partial charge in [0.1, 0.15) is 5.75 Å². The molecule has 0 radical (unpaired) electrons. The second kappa shape index (κ2) is 9.30. The molecule has 176 valence electrons. The summed E-state index contributed by atoms with van der Waals surface area (Å²) in [6.07, 6.45) is -0.320. The van der Waals surface area contributed by atoms with Gasteiger partial charge in [-0.3, -0.25) is 9.59 Å². The van der Waals surface area contributed by atoms with E-state index in [0.29, 0.717) is 16.9 Å². The maximum absolute atomic E-state index is 14.3. The van der Waals surface area contributed by atoms with E-state index < -0.39 is 26.6 Å². The Morgan fingerprint density at radius 1 is 0.912 bits per heavy atom. The minimum absolute atomic E-state index is 0.0325. The lowest BCUT2D eigenvalue weighted by atomic mass is 9.99. The van der Waals surface area contributed by atoms with Gasteiger partial charge in [-0.25, -0.2) is 8.42 Å². The molecule has 34 heavy (non-hydrogen) atoms. The molecule has 1 aliphatic rings. The number of nitrogens with zero attached hydrogens (tertiary/aromatic N) is 1. The Morgan fingerprint density at radius 2 is 1.56 bits per heavy atom. The number of rotatable bonds is 8. The average molecular weight is 480 g/mol. The van der Waals surface area contributed by atoms with E-state index >= 15 is 0 Å². The summed E-state index contributed by atoms with van der Waals surface area (Å²) < 4.78 is 38.6. The predicted molar refractivity (Wildman–Crippen MR) is 126 cm³/mol. The third-order valence-electron chi connectivity index (χ3n) is 6.15. The third-order valence-corrected chi connectivity index (χ3v) is 8.58. The molecule has 1 aliphatic heterocycles. The zero-order valence-electron chi connectivity index (χ0n) is 18.9. The van der Waals surface area contributed by atoms with Crippen LogP contribution in [-0.2, 0) is 30.8 Å². The van der Waals surface area contributed by atoms with Crippen molar-refractivity contribution in [2.45, 2.75) is 29.2 Å². The topological polar surface area (TPSA) is 90.0 Å². The van der Waals surface area contributed by atoms with Crippen LogP contribution in [0.4, 0.5) is 0 Å². The van der Waals surface area contributed by atoms with Crippen LogP contribution in [-0.4, -0.2) is 39.4 Å². The van der Waals surface area contributed by atoms with Gasteiger partial charge in [-0.1, -0.05) is 48.5 Å². The molecule has 0 saturated heterocycles. The van der Waals surface area contributed by atoms with Gasteiger partial charge in [-0.05, 0) is 35.9 Å². The Labute approximate surface area is 198 Å². The van der Waals surface area contributed by atoms with Crippen LogP contribution in [0.5, 0.6) is 5.75 Å². The maximum Gasteiger partial charge on any atom is 0.305 e. The van der Waals surface area contributed by atoms with Crippen molar-refractivity contribution in [2.24, 2.45) is 0 Å². The van der Waals surface area contributed by atoms with E-state index in [-0.39, 0.29) is 24.3 Å². The molecule has 1 heterocycles. The second-order valence-corrected chi connectivity index (χ2v) is 10.1. The van der Waals surface area contributed by atoms with Gasteiger partial charge in [0.15, 0.2) is 4.87 Å². The molecule has 3 aromatic rings. The highest BCUT2D eigenvalue weighted by Gasteiger charge is 2.58. The molecule has 3 aromatic carbocycles. The van der Waals surface area contributed by atoms with Crippen molar-refractivity contribution in [1.29, 1.82) is 0 Å². The van der Waals surface area contributed by atoms with Crippen LogP contribution in [0.3, 0.4) is 0 Å². The van der Waals surface area contributed by atoms with E-state index in [2.05, 4.69) is 0 Å². The Kier molecular flexibility index (Phi) is 6.43. The molecule has 1 amide bonds. The first-order valence-corrected chi connectivity index (χ1v) is 12.2. The van der Waals surface area contributed by atoms with Crippen molar-refractivity contribution in [1.82, 2.24) is 4.90 Å². The van der Waals surface area contributed by atoms with E-state index in [9.17, 15) is 18.0 Å². The van der Waals surface area contributed by atoms with Gasteiger partial charge < -0.3 is 14.4 Å². The van der Waals surface area contributed by atoms with Crippen molar-refractivity contribution in [3.05, 3.63) is 95.6 Å². The van der Waals surface area contributed by atoms with Gasteiger partial charge in [-0.15, -0.1) is 0 Å². The average Bonchev–Trinajstić information content (AvgIpc) is 3.12. The lowest BCUT2D eigenvalue weighted by Crippen LogP contribution is -2.49. The van der Waals surface area contributed by atoms with Crippen LogP contribution >= 0.6 is 0 Å². The zero-order valence-corrected chi connectivity index (χ0v) is 19.7. The quantitative estimate of drug-likeness (QED) is 0.455. The summed E-state index contributed by atoms with van der Waals surface area (Å²) in [6, 6.07) is 21.8. The molecule has 0 spiro atoms. The number of amides is 1. The highest BCUT2D eigenvalue weighted by atomic mass is 32.2. The fraction of sp³-hybridized carbons (Fsp3) is 0.231. The fourth-order valence-corrected chi connectivity index (χ4v) is 6.62. The van der Waals surface area contributed by atoms with Gasteiger partial charge in [-0.2, -0.15) is 0 Å². The Morgan fingerprint density at radius 3 is 2.21 bits per heavy atom. The van der Waals surface area contributed by atoms with Gasteiger partial charge >= 0.3 is 5.97 Å². The Hall–Kier alpha value is -3.65. The van der Waals surface area contributed by atoms with Crippen LogP contribution < -0.4 is 4.74 Å². The van der Waals surface area contributed by atoms with E-state index in [1.807, 2.05) is 0 Å². The molecular formula is C26H25NO6S. The first-order valence-electron chi connectivity index (χ1n) is 10.8. The minimum atomic E-state index is -4.16. The summed E-state index contributed by atoms with van der Waals surface area (Å²) in [5, 5.41) is 0. The van der Waals surface area contributed by atoms with Gasteiger partial charge in [0.25, 0.3) is 5.91 Å². The predicted octanol–water partition coefficient (Wildman–Crippen LogP) is 3.93. The highest BCUT2D eigenvalue weighted by Crippen LogP contribution is 2.49. The number of carbonyl (C=O) groups is 2. The fourth-order valence-electron chi connectivity index (χ4n) is 4.44. The molecule has 0 saturated carbocycles. The lowest BCUT2D eigenvalue weighted by molar-refractivity contribution is -0.141. The number of carbonyl (C=O) groups excluding carboxylic acids is 2. The monoisotopic (exact) mass is 479 g/mol. The highest BCUT2D eigenvalue weighted by molar-refractivity contribution is 7.92. The molecule has 8 heteroatoms. The number of hydrogen-bond donors (Lipinski definition) is 0. The number of sulfone groups is 1. The summed E-state index contributed by atoms with van der Waals surface area (Å²) in [7, 11) is -1.35. The number of benzene rings is 3. The summed E-state index contributed by atoms with van der Waals surface area (Å²) in [5.41, 5.74) is 1.40. The van der Waals surface area contributed by atoms with E-state index in [1.165, 1.54) is 24.1 Å². The molecule has 7 nitrogen and oxygen atoms in total. The third kappa shape index (κ3) is 3.84. The van der Waals surface area contributed by atoms with Crippen molar-refractivity contribution >= 4 is 21.7 Å². The molecule has 0 aliphatic carbocycles. The van der Waals surface area contributed by atoms with Crippen molar-refractivity contribution < 1.29 is 27.5 Å². The molecule has 0 aromatic heterocycles. The number of fused-ring (bicyclic) bond motifs is 1. The summed E-state index contributed by atoms with van der Waals surface area (Å²) in [4.78, 5) is 25.5. The van der Waals surface area contributed by atoms with Crippen LogP contribution in [0.2, 0.25) is 0 Å². The normalized spacial score (nSPS) is 17.4. The largest absolute Gasteiger partial charge is 0.497 e. The van der Waals surface area contributed by atoms with E-state index in [0.717, 1.165) is 5.56 Å². The van der Waals surface area contributed by atoms with Crippen molar-refractivity contribution in [3.63, 3.8) is 0 Å². The summed E-state index contributed by atoms with van der Waals surface area (Å²) in [6.45, 7) is 0.0325. The van der Waals surface area contributed by atoms with Crippen LogP contribution in [0.1, 0.15) is 34.3 Å². The second-order valence-electron chi connectivity index (χ2n) is 7.96. The van der Waals surface area contributed by atoms with Crippen LogP contribution in [0.25, 0.3) is 0 Å². The van der Waals surface area contributed by atoms with E-state index in [1.54, 1.807) is 73.8 Å². The summed E-state index contributed by atoms with van der Waals surface area (Å²) >= 11 is 0. The number of methoxy groups -OCH3 is 2. The number of hydrogen-bond acceptors (Lipinski definition) is 6. The van der Waals surface area contributed by atoms with Gasteiger partial charge in [0.05, 0.1) is 19.1 Å². The molecule has 1 atom stereocenters. The minimum Gasteiger partial charge on any atom is -0.497 e. The maximum atomic E-state index is 14.3. The Balaban J connectivity index is 1.93. The first kappa shape index (κ1) is 23.5. The lowest BCUT2D eigenvalue weighted by Gasteiger charge is -2.38. The smallest absolute Gasteiger partial charge is 0.305 e. The Bertz CT molecular complexity index is 1300. The molecule has 0 bridgehead atoms. The molecular weight excluding hydrogens is 454 g/mol. The zero-order chi connectivity index (χ0) is 24.3. The number of ether oxygens (including phenoxy) is 2. The molecule has 1 unspecified atom stereocenters. The molecule has 0 N–H and O–H groups in total.